The summed E-state index contributed by atoms with van der Waals surface area (Å²) in [5.41, 5.74) is 0. The third-order valence-electron chi connectivity index (χ3n) is 0.908. The summed E-state index contributed by atoms with van der Waals surface area (Å²) < 4.78 is 0. The molecule has 1 N–H and O–H groups in total. The Hall–Kier alpha value is 1.42. The fourth-order valence-corrected chi connectivity index (χ4v) is 3.00. The second kappa shape index (κ2) is 7.09. The van der Waals surface area contributed by atoms with Crippen molar-refractivity contribution in [3.63, 3.8) is 0 Å². The molecule has 7 radical (unpaired) electrons. The van der Waals surface area contributed by atoms with Gasteiger partial charge in [0.15, 0.2) is 8.32 Å². The van der Waals surface area contributed by atoms with Gasteiger partial charge in [-0.2, -0.15) is 0 Å². The summed E-state index contributed by atoms with van der Waals surface area (Å²) in [7, 11) is -1.72. The maximum absolute atomic E-state index is 9.33. The van der Waals surface area contributed by atoms with E-state index in [2.05, 4.69) is 26.7 Å². The van der Waals surface area contributed by atoms with Gasteiger partial charge in [-0.15, -0.1) is 0 Å². The molecule has 0 heterocycles. The molecule has 10 heavy (non-hydrogen) atoms. The molecule has 1 nitrogen and oxygen atoms in total. The van der Waals surface area contributed by atoms with E-state index in [1.807, 2.05) is 13.1 Å². The highest BCUT2D eigenvalue weighted by atomic mass is 79.9. The summed E-state index contributed by atoms with van der Waals surface area (Å²) >= 11 is 4.64. The van der Waals surface area contributed by atoms with Gasteiger partial charge in [-0.05, 0) is 25.1 Å². The smallest absolute Gasteiger partial charge is 0.432 e. The average molecular weight is 236 g/mol. The van der Waals surface area contributed by atoms with Gasteiger partial charge < -0.3 is 4.80 Å². The van der Waals surface area contributed by atoms with Gasteiger partial charge in [-0.25, -0.2) is 0 Å². The SMILES string of the molecule is CC(C)C[Si](C)(C)O.[Mg+2][Br]. The molecule has 0 spiro atoms. The molecule has 0 atom stereocenters. The van der Waals surface area contributed by atoms with Crippen LogP contribution in [-0.2, 0) is 0 Å². The summed E-state index contributed by atoms with van der Waals surface area (Å²) in [4.78, 5) is 9.33. The van der Waals surface area contributed by atoms with Crippen molar-refractivity contribution in [2.45, 2.75) is 33.0 Å². The highest BCUT2D eigenvalue weighted by Gasteiger charge is 2.17. The Bertz CT molecular complexity index is 72.6. The Labute approximate surface area is 84.0 Å². The average Bonchev–Trinajstić information content (AvgIpc) is 1.64. The molecule has 0 saturated carbocycles. The van der Waals surface area contributed by atoms with Crippen LogP contribution in [0.3, 0.4) is 0 Å². The summed E-state index contributed by atoms with van der Waals surface area (Å²) in [6.45, 7) is 8.25. The predicted octanol–water partition coefficient (Wildman–Crippen LogP) is 2.30. The van der Waals surface area contributed by atoms with Crippen molar-refractivity contribution in [3.05, 3.63) is 0 Å². The molecule has 57 valence electrons. The summed E-state index contributed by atoms with van der Waals surface area (Å²) in [6, 6.07) is 1.02. The van der Waals surface area contributed by atoms with Crippen molar-refractivity contribution in [1.82, 2.24) is 0 Å². The van der Waals surface area contributed by atoms with Crippen molar-refractivity contribution in [1.29, 1.82) is 0 Å². The minimum Gasteiger partial charge on any atom is -0.432 e. The van der Waals surface area contributed by atoms with Crippen molar-refractivity contribution in [2.75, 3.05) is 0 Å². The van der Waals surface area contributed by atoms with E-state index in [-0.39, 0.29) is 0 Å². The standard InChI is InChI=1S/C6H16OSi.BrH.Mg/c1-6(2)5-8(3,4)7;;/h6-7H,5H2,1-4H3;1H;/q;;+3/p-1. The van der Waals surface area contributed by atoms with E-state index < -0.39 is 8.32 Å². The molecule has 0 bridgehead atoms. The second-order valence-electron chi connectivity index (χ2n) is 3.41. The highest BCUT2D eigenvalue weighted by molar-refractivity contribution is 9.22. The van der Waals surface area contributed by atoms with Crippen molar-refractivity contribution in [3.8, 4) is 0 Å². The monoisotopic (exact) mass is 235 g/mol. The minimum atomic E-state index is -1.72. The van der Waals surface area contributed by atoms with Gasteiger partial charge in [0, 0.05) is 0 Å². The first-order valence-corrected chi connectivity index (χ1v) is 10.5. The van der Waals surface area contributed by atoms with Crippen LogP contribution < -0.4 is 0 Å². The van der Waals surface area contributed by atoms with Crippen LogP contribution >= 0.6 is 12.9 Å². The summed E-state index contributed by atoms with van der Waals surface area (Å²) in [5, 5.41) is 0. The zero-order valence-electron chi connectivity index (χ0n) is 7.32. The molecule has 4 heteroatoms. The number of halogens is 1. The first kappa shape index (κ1) is 14.0. The molecule has 0 aromatic rings. The van der Waals surface area contributed by atoms with Gasteiger partial charge in [0.1, 0.15) is 0 Å². The largest absolute Gasteiger partial charge is 1.52 e. The lowest BCUT2D eigenvalue weighted by atomic mass is 10.3. The molecular formula is C6H16BrMgOSi+2. The minimum absolute atomic E-state index is 0.654. The molecule has 0 aliphatic carbocycles. The normalized spacial score (nSPS) is 10.8. The third kappa shape index (κ3) is 16.2. The van der Waals surface area contributed by atoms with Gasteiger partial charge in [-0.1, -0.05) is 13.8 Å². The van der Waals surface area contributed by atoms with Crippen LogP contribution in [0, 0.1) is 5.92 Å². The molecule has 0 unspecified atom stereocenters. The topological polar surface area (TPSA) is 20.2 Å². The van der Waals surface area contributed by atoms with Gasteiger partial charge in [0.05, 0.1) is 0 Å². The third-order valence-corrected chi connectivity index (χ3v) is 2.72. The molecule has 0 aromatic carbocycles. The quantitative estimate of drug-likeness (QED) is 0.730. The van der Waals surface area contributed by atoms with Crippen molar-refractivity contribution >= 4 is 40.7 Å². The Morgan fingerprint density at radius 1 is 1.40 bits per heavy atom. The van der Waals surface area contributed by atoms with Crippen LogP contribution in [0.4, 0.5) is 0 Å². The Balaban J connectivity index is 0. The maximum atomic E-state index is 9.33. The van der Waals surface area contributed by atoms with Crippen molar-refractivity contribution < 1.29 is 4.80 Å². The van der Waals surface area contributed by atoms with E-state index in [4.69, 9.17) is 0 Å². The lowest BCUT2D eigenvalue weighted by molar-refractivity contribution is 0.527. The summed E-state index contributed by atoms with van der Waals surface area (Å²) in [5.74, 6) is 0.654. The van der Waals surface area contributed by atoms with E-state index in [0.717, 1.165) is 6.04 Å². The van der Waals surface area contributed by atoms with Crippen LogP contribution in [0.2, 0.25) is 19.1 Å². The molecule has 0 saturated heterocycles. The van der Waals surface area contributed by atoms with Crippen LogP contribution in [0.5, 0.6) is 0 Å². The van der Waals surface area contributed by atoms with Crippen LogP contribution in [0.15, 0.2) is 0 Å². The molecule has 0 aliphatic rings. The molecule has 0 fully saturated rings. The Morgan fingerprint density at radius 3 is 1.70 bits per heavy atom. The van der Waals surface area contributed by atoms with E-state index in [1.165, 1.54) is 0 Å². The zero-order chi connectivity index (χ0) is 8.78. The molecule has 0 aromatic heterocycles. The molecular weight excluding hydrogens is 220 g/mol. The Kier molecular flexibility index (Phi) is 9.91. The fourth-order valence-electron chi connectivity index (χ4n) is 0.999. The zero-order valence-corrected chi connectivity index (χ0v) is 11.3. The van der Waals surface area contributed by atoms with Gasteiger partial charge in [0.25, 0.3) is 0 Å². The molecule has 0 rings (SSSR count). The molecule has 0 aliphatic heterocycles. The van der Waals surface area contributed by atoms with Crippen LogP contribution in [-0.4, -0.2) is 32.6 Å². The van der Waals surface area contributed by atoms with Gasteiger partial charge >= 0.3 is 32.4 Å². The van der Waals surface area contributed by atoms with E-state index in [1.54, 1.807) is 19.5 Å². The first-order chi connectivity index (χ1) is 4.42. The van der Waals surface area contributed by atoms with E-state index in [9.17, 15) is 4.80 Å². The fraction of sp³-hybridized carbons (Fsp3) is 1.00. The Morgan fingerprint density at radius 2 is 1.70 bits per heavy atom. The van der Waals surface area contributed by atoms with Crippen LogP contribution in [0.25, 0.3) is 0 Å². The lowest BCUT2D eigenvalue weighted by Gasteiger charge is -2.15. The highest BCUT2D eigenvalue weighted by Crippen LogP contribution is 2.11. The van der Waals surface area contributed by atoms with Gasteiger partial charge in [-0.3, -0.25) is 0 Å². The second-order valence-corrected chi connectivity index (χ2v) is 7.44. The first-order valence-electron chi connectivity index (χ1n) is 3.41. The van der Waals surface area contributed by atoms with Gasteiger partial charge in [0.2, 0.25) is 0 Å². The van der Waals surface area contributed by atoms with Crippen molar-refractivity contribution in [2.24, 2.45) is 5.92 Å². The maximum Gasteiger partial charge on any atom is 1.52 e. The number of rotatable bonds is 2. The predicted molar refractivity (Wildman–Crippen MR) is 54.0 cm³/mol. The molecule has 0 amide bonds. The number of hydrogen-bond donors (Lipinski definition) is 1. The lowest BCUT2D eigenvalue weighted by Crippen LogP contribution is -2.26. The summed E-state index contributed by atoms with van der Waals surface area (Å²) in [6.07, 6.45) is 0. The number of hydrogen-bond acceptors (Lipinski definition) is 1. The van der Waals surface area contributed by atoms with E-state index >= 15 is 0 Å². The van der Waals surface area contributed by atoms with Crippen LogP contribution in [0.1, 0.15) is 13.8 Å². The van der Waals surface area contributed by atoms with E-state index in [0.29, 0.717) is 5.92 Å².